The van der Waals surface area contributed by atoms with Crippen molar-refractivity contribution in [2.75, 3.05) is 0 Å². The van der Waals surface area contributed by atoms with Crippen molar-refractivity contribution in [1.82, 2.24) is 10.1 Å². The number of aromatic nitrogens is 2. The Kier molecular flexibility index (Phi) is 4.38. The minimum atomic E-state index is -0.0584. The van der Waals surface area contributed by atoms with Crippen molar-refractivity contribution in [2.45, 2.75) is 39.7 Å². The zero-order valence-corrected chi connectivity index (χ0v) is 14.5. The van der Waals surface area contributed by atoms with Crippen LogP contribution in [0.15, 0.2) is 53.1 Å². The van der Waals surface area contributed by atoms with Crippen LogP contribution in [-0.2, 0) is 12.0 Å². The molecular formula is C20H22N2O2. The average Bonchev–Trinajstić information content (AvgIpc) is 2.99. The SMILES string of the molecule is Cc1noc(-c2ccc(OCc3ccccc3)c(C(C)(C)C)c2)n1. The Hall–Kier alpha value is -2.62. The minimum absolute atomic E-state index is 0.0584. The molecule has 0 spiro atoms. The molecular weight excluding hydrogens is 300 g/mol. The molecule has 0 amide bonds. The Balaban J connectivity index is 1.91. The van der Waals surface area contributed by atoms with Gasteiger partial charge in [-0.2, -0.15) is 4.98 Å². The van der Waals surface area contributed by atoms with Gasteiger partial charge in [-0.3, -0.25) is 0 Å². The van der Waals surface area contributed by atoms with E-state index in [9.17, 15) is 0 Å². The molecule has 124 valence electrons. The van der Waals surface area contributed by atoms with Crippen molar-refractivity contribution in [1.29, 1.82) is 0 Å². The molecule has 1 aromatic heterocycles. The van der Waals surface area contributed by atoms with Gasteiger partial charge in [0.05, 0.1) is 0 Å². The topological polar surface area (TPSA) is 48.2 Å². The third-order valence-corrected chi connectivity index (χ3v) is 3.80. The van der Waals surface area contributed by atoms with Gasteiger partial charge in [-0.1, -0.05) is 56.3 Å². The van der Waals surface area contributed by atoms with Gasteiger partial charge in [0, 0.05) is 11.1 Å². The van der Waals surface area contributed by atoms with Gasteiger partial charge in [0.2, 0.25) is 0 Å². The number of benzene rings is 2. The Bertz CT molecular complexity index is 817. The van der Waals surface area contributed by atoms with Gasteiger partial charge in [0.25, 0.3) is 5.89 Å². The lowest BCUT2D eigenvalue weighted by atomic mass is 9.85. The summed E-state index contributed by atoms with van der Waals surface area (Å²) in [6, 6.07) is 16.2. The van der Waals surface area contributed by atoms with E-state index in [4.69, 9.17) is 9.26 Å². The van der Waals surface area contributed by atoms with Crippen LogP contribution in [0.5, 0.6) is 5.75 Å². The first-order chi connectivity index (χ1) is 11.4. The van der Waals surface area contributed by atoms with Crippen LogP contribution in [0.2, 0.25) is 0 Å². The molecule has 0 unspecified atom stereocenters. The highest BCUT2D eigenvalue weighted by molar-refractivity contribution is 5.58. The predicted molar refractivity (Wildman–Crippen MR) is 93.9 cm³/mol. The maximum Gasteiger partial charge on any atom is 0.257 e. The summed E-state index contributed by atoms with van der Waals surface area (Å²) in [6.07, 6.45) is 0. The highest BCUT2D eigenvalue weighted by Gasteiger charge is 2.21. The summed E-state index contributed by atoms with van der Waals surface area (Å²) in [5.74, 6) is 2.05. The average molecular weight is 322 g/mol. The van der Waals surface area contributed by atoms with Crippen LogP contribution in [0.3, 0.4) is 0 Å². The summed E-state index contributed by atoms with van der Waals surface area (Å²) in [5.41, 5.74) is 3.12. The van der Waals surface area contributed by atoms with Crippen molar-refractivity contribution in [3.05, 3.63) is 65.5 Å². The lowest BCUT2D eigenvalue weighted by Gasteiger charge is -2.23. The molecule has 0 saturated heterocycles. The van der Waals surface area contributed by atoms with Crippen LogP contribution in [0.25, 0.3) is 11.5 Å². The van der Waals surface area contributed by atoms with E-state index in [1.807, 2.05) is 37.3 Å². The Morgan fingerprint density at radius 2 is 1.79 bits per heavy atom. The lowest BCUT2D eigenvalue weighted by molar-refractivity contribution is 0.297. The number of hydrogen-bond donors (Lipinski definition) is 0. The summed E-state index contributed by atoms with van der Waals surface area (Å²) in [4.78, 5) is 4.31. The number of aryl methyl sites for hydroxylation is 1. The molecule has 3 aromatic rings. The van der Waals surface area contributed by atoms with Crippen molar-refractivity contribution in [3.8, 4) is 17.2 Å². The fourth-order valence-corrected chi connectivity index (χ4v) is 2.52. The maximum atomic E-state index is 6.08. The molecule has 0 fully saturated rings. The third kappa shape index (κ3) is 3.65. The molecule has 0 saturated carbocycles. The van der Waals surface area contributed by atoms with Gasteiger partial charge >= 0.3 is 0 Å². The van der Waals surface area contributed by atoms with Crippen molar-refractivity contribution in [2.24, 2.45) is 0 Å². The predicted octanol–water partition coefficient (Wildman–Crippen LogP) is 4.92. The second-order valence-electron chi connectivity index (χ2n) is 6.88. The molecule has 3 rings (SSSR count). The highest BCUT2D eigenvalue weighted by atomic mass is 16.5. The van der Waals surface area contributed by atoms with Crippen LogP contribution in [0.1, 0.15) is 37.7 Å². The Morgan fingerprint density at radius 1 is 1.04 bits per heavy atom. The number of nitrogens with zero attached hydrogens (tertiary/aromatic N) is 2. The quantitative estimate of drug-likeness (QED) is 0.684. The lowest BCUT2D eigenvalue weighted by Crippen LogP contribution is -2.13. The number of hydrogen-bond acceptors (Lipinski definition) is 4. The molecule has 0 aliphatic rings. The van der Waals surface area contributed by atoms with Gasteiger partial charge in [-0.05, 0) is 36.1 Å². The van der Waals surface area contributed by atoms with Crippen molar-refractivity contribution >= 4 is 0 Å². The van der Waals surface area contributed by atoms with Gasteiger partial charge < -0.3 is 9.26 Å². The molecule has 0 N–H and O–H groups in total. The van der Waals surface area contributed by atoms with Gasteiger partial charge in [0.15, 0.2) is 5.82 Å². The molecule has 0 aliphatic carbocycles. The Morgan fingerprint density at radius 3 is 2.42 bits per heavy atom. The minimum Gasteiger partial charge on any atom is -0.489 e. The van der Waals surface area contributed by atoms with Crippen molar-refractivity contribution in [3.63, 3.8) is 0 Å². The molecule has 0 radical (unpaired) electrons. The van der Waals surface area contributed by atoms with E-state index in [-0.39, 0.29) is 5.41 Å². The summed E-state index contributed by atoms with van der Waals surface area (Å²) >= 11 is 0. The first-order valence-electron chi connectivity index (χ1n) is 8.05. The molecule has 1 heterocycles. The largest absolute Gasteiger partial charge is 0.489 e. The molecule has 24 heavy (non-hydrogen) atoms. The fourth-order valence-electron chi connectivity index (χ4n) is 2.52. The fraction of sp³-hybridized carbons (Fsp3) is 0.300. The van der Waals surface area contributed by atoms with Crippen LogP contribution in [-0.4, -0.2) is 10.1 Å². The first kappa shape index (κ1) is 16.2. The van der Waals surface area contributed by atoms with E-state index in [1.165, 1.54) is 0 Å². The van der Waals surface area contributed by atoms with E-state index in [0.29, 0.717) is 18.3 Å². The van der Waals surface area contributed by atoms with Crippen LogP contribution < -0.4 is 4.74 Å². The molecule has 4 nitrogen and oxygen atoms in total. The van der Waals surface area contributed by atoms with E-state index in [1.54, 1.807) is 0 Å². The van der Waals surface area contributed by atoms with Gasteiger partial charge in [-0.15, -0.1) is 0 Å². The molecule has 2 aromatic carbocycles. The zero-order valence-electron chi connectivity index (χ0n) is 14.5. The summed E-state index contributed by atoms with van der Waals surface area (Å²) in [5, 5.41) is 3.87. The standard InChI is InChI=1S/C20H22N2O2/c1-14-21-19(24-22-14)16-10-11-18(17(12-16)20(2,3)4)23-13-15-8-6-5-7-9-15/h5-12H,13H2,1-4H3. The summed E-state index contributed by atoms with van der Waals surface area (Å²) in [6.45, 7) is 8.86. The van der Waals surface area contributed by atoms with Crippen LogP contribution in [0.4, 0.5) is 0 Å². The second-order valence-corrected chi connectivity index (χ2v) is 6.88. The molecule has 0 bridgehead atoms. The number of rotatable bonds is 4. The van der Waals surface area contributed by atoms with Crippen LogP contribution in [0, 0.1) is 6.92 Å². The molecule has 4 heteroatoms. The van der Waals surface area contributed by atoms with Gasteiger partial charge in [-0.25, -0.2) is 0 Å². The first-order valence-corrected chi connectivity index (χ1v) is 8.05. The summed E-state index contributed by atoms with van der Waals surface area (Å²) < 4.78 is 11.4. The zero-order chi connectivity index (χ0) is 17.2. The monoisotopic (exact) mass is 322 g/mol. The van der Waals surface area contributed by atoms with E-state index >= 15 is 0 Å². The molecule has 0 atom stereocenters. The second kappa shape index (κ2) is 6.48. The Labute approximate surface area is 142 Å². The van der Waals surface area contributed by atoms with Crippen molar-refractivity contribution < 1.29 is 9.26 Å². The molecule has 0 aliphatic heterocycles. The van der Waals surface area contributed by atoms with E-state index in [0.717, 1.165) is 22.4 Å². The van der Waals surface area contributed by atoms with Gasteiger partial charge in [0.1, 0.15) is 12.4 Å². The summed E-state index contributed by atoms with van der Waals surface area (Å²) in [7, 11) is 0. The normalized spacial score (nSPS) is 11.5. The highest BCUT2D eigenvalue weighted by Crippen LogP contribution is 2.35. The van der Waals surface area contributed by atoms with E-state index in [2.05, 4.69) is 49.1 Å². The number of ether oxygens (including phenoxy) is 1. The smallest absolute Gasteiger partial charge is 0.257 e. The maximum absolute atomic E-state index is 6.08. The van der Waals surface area contributed by atoms with Crippen LogP contribution >= 0.6 is 0 Å². The van der Waals surface area contributed by atoms with E-state index < -0.39 is 0 Å². The third-order valence-electron chi connectivity index (χ3n) is 3.80.